The molecule has 0 amide bonds. The Hall–Kier alpha value is -1.75. The summed E-state index contributed by atoms with van der Waals surface area (Å²) in [6.07, 6.45) is -2.04. The molecule has 6 heteroatoms. The van der Waals surface area contributed by atoms with E-state index in [2.05, 4.69) is 9.47 Å². The minimum absolute atomic E-state index is 0.123. The molecule has 1 aromatic rings. The van der Waals surface area contributed by atoms with Crippen molar-refractivity contribution < 1.29 is 23.8 Å². The maximum absolute atomic E-state index is 11.5. The van der Waals surface area contributed by atoms with E-state index >= 15 is 0 Å². The fourth-order valence-corrected chi connectivity index (χ4v) is 1.21. The molecule has 0 radical (unpaired) electrons. The average molecular weight is 273 g/mol. The molecule has 0 heterocycles. The second-order valence-electron chi connectivity index (χ2n) is 3.36. The van der Waals surface area contributed by atoms with E-state index in [1.807, 2.05) is 30.3 Å². The third kappa shape index (κ3) is 5.05. The first kappa shape index (κ1) is 14.3. The molecule has 0 saturated heterocycles. The van der Waals surface area contributed by atoms with Crippen LogP contribution in [0.2, 0.25) is 0 Å². The molecule has 1 rings (SSSR count). The lowest BCUT2D eigenvalue weighted by molar-refractivity contribution is -0.155. The maximum Gasteiger partial charge on any atom is 0.510 e. The van der Waals surface area contributed by atoms with E-state index in [9.17, 15) is 9.59 Å². The Morgan fingerprint density at radius 1 is 1.22 bits per heavy atom. The Morgan fingerprint density at radius 3 is 2.50 bits per heavy atom. The smallest absolute Gasteiger partial charge is 0.458 e. The quantitative estimate of drug-likeness (QED) is 0.609. The van der Waals surface area contributed by atoms with Crippen LogP contribution >= 0.6 is 11.6 Å². The Balaban J connectivity index is 2.34. The topological polar surface area (TPSA) is 61.8 Å². The van der Waals surface area contributed by atoms with Crippen LogP contribution < -0.4 is 0 Å². The van der Waals surface area contributed by atoms with Gasteiger partial charge in [0.2, 0.25) is 0 Å². The van der Waals surface area contributed by atoms with Crippen LogP contribution in [0.5, 0.6) is 0 Å². The average Bonchev–Trinajstić information content (AvgIpc) is 2.37. The molecule has 1 atom stereocenters. The molecule has 1 unspecified atom stereocenters. The summed E-state index contributed by atoms with van der Waals surface area (Å²) < 4.78 is 13.9. The fraction of sp³-hybridized carbons (Fsp3) is 0.333. The summed E-state index contributed by atoms with van der Waals surface area (Å²) in [5, 5.41) is 0. The molecular weight excluding hydrogens is 260 g/mol. The van der Waals surface area contributed by atoms with Gasteiger partial charge in [-0.2, -0.15) is 0 Å². The second-order valence-corrected chi connectivity index (χ2v) is 3.58. The number of benzene rings is 1. The predicted octanol–water partition coefficient (Wildman–Crippen LogP) is 2.47. The summed E-state index contributed by atoms with van der Waals surface area (Å²) >= 11 is 5.16. The van der Waals surface area contributed by atoms with E-state index in [1.54, 1.807) is 0 Å². The lowest BCUT2D eigenvalue weighted by atomic mass is 10.2. The minimum Gasteiger partial charge on any atom is -0.458 e. The second kappa shape index (κ2) is 7.55. The van der Waals surface area contributed by atoms with E-state index in [1.165, 1.54) is 6.92 Å². The maximum atomic E-state index is 11.5. The molecule has 0 saturated carbocycles. The predicted molar refractivity (Wildman–Crippen MR) is 64.0 cm³/mol. The highest BCUT2D eigenvalue weighted by atomic mass is 35.5. The van der Waals surface area contributed by atoms with Crippen LogP contribution in [-0.2, 0) is 25.6 Å². The van der Waals surface area contributed by atoms with Gasteiger partial charge in [0.1, 0.15) is 6.61 Å². The lowest BCUT2D eigenvalue weighted by Crippen LogP contribution is -2.26. The van der Waals surface area contributed by atoms with Gasteiger partial charge in [-0.25, -0.2) is 9.59 Å². The van der Waals surface area contributed by atoms with Crippen molar-refractivity contribution in [2.24, 2.45) is 0 Å². The number of ether oxygens (including phenoxy) is 3. The highest BCUT2D eigenvalue weighted by Gasteiger charge is 2.19. The van der Waals surface area contributed by atoms with Gasteiger partial charge in [-0.05, 0) is 12.5 Å². The molecular formula is C12H13ClO5. The first-order chi connectivity index (χ1) is 8.63. The molecule has 18 heavy (non-hydrogen) atoms. The van der Waals surface area contributed by atoms with Crippen LogP contribution in [0.1, 0.15) is 12.5 Å². The highest BCUT2D eigenvalue weighted by molar-refractivity contribution is 6.17. The van der Waals surface area contributed by atoms with Crippen LogP contribution in [0, 0.1) is 0 Å². The van der Waals surface area contributed by atoms with Crippen LogP contribution in [0.25, 0.3) is 0 Å². The highest BCUT2D eigenvalue weighted by Crippen LogP contribution is 2.04. The van der Waals surface area contributed by atoms with Gasteiger partial charge < -0.3 is 14.2 Å². The van der Waals surface area contributed by atoms with Gasteiger partial charge in [-0.3, -0.25) is 0 Å². The van der Waals surface area contributed by atoms with Crippen molar-refractivity contribution in [2.75, 3.05) is 6.07 Å². The first-order valence-electron chi connectivity index (χ1n) is 5.23. The Kier molecular flexibility index (Phi) is 6.00. The number of esters is 1. The van der Waals surface area contributed by atoms with Crippen molar-refractivity contribution in [1.82, 2.24) is 0 Å². The summed E-state index contributed by atoms with van der Waals surface area (Å²) in [7, 11) is 0. The number of hydrogen-bond acceptors (Lipinski definition) is 5. The zero-order chi connectivity index (χ0) is 13.4. The summed E-state index contributed by atoms with van der Waals surface area (Å²) in [6.45, 7) is 1.51. The van der Waals surface area contributed by atoms with Gasteiger partial charge in [0, 0.05) is 0 Å². The van der Waals surface area contributed by atoms with Gasteiger partial charge in [0.25, 0.3) is 0 Å². The number of carbonyl (C=O) groups is 2. The van der Waals surface area contributed by atoms with Crippen molar-refractivity contribution in [3.63, 3.8) is 0 Å². The number of alkyl halides is 1. The largest absolute Gasteiger partial charge is 0.510 e. The molecule has 0 bridgehead atoms. The summed E-state index contributed by atoms with van der Waals surface area (Å²) in [6, 6.07) is 8.84. The van der Waals surface area contributed by atoms with Crippen molar-refractivity contribution in [2.45, 2.75) is 19.6 Å². The van der Waals surface area contributed by atoms with Gasteiger partial charge >= 0.3 is 12.1 Å². The minimum atomic E-state index is -1.04. The standard InChI is InChI=1S/C12H13ClO5/c1-9(18-12(15)17-8-13)11(14)16-7-10-5-3-2-4-6-10/h2-6,9H,7-8H2,1H3. The van der Waals surface area contributed by atoms with Crippen LogP contribution in [-0.4, -0.2) is 24.3 Å². The Bertz CT molecular complexity index is 393. The van der Waals surface area contributed by atoms with E-state index in [0.717, 1.165) is 5.56 Å². The molecule has 1 aromatic carbocycles. The zero-order valence-corrected chi connectivity index (χ0v) is 10.6. The van der Waals surface area contributed by atoms with Crippen molar-refractivity contribution in [1.29, 1.82) is 0 Å². The molecule has 5 nitrogen and oxygen atoms in total. The molecule has 0 N–H and O–H groups in total. The third-order valence-corrected chi connectivity index (χ3v) is 2.11. The lowest BCUT2D eigenvalue weighted by Gasteiger charge is -2.11. The van der Waals surface area contributed by atoms with E-state index in [4.69, 9.17) is 16.3 Å². The Labute approximate surface area is 110 Å². The van der Waals surface area contributed by atoms with E-state index in [-0.39, 0.29) is 12.7 Å². The monoisotopic (exact) mass is 272 g/mol. The molecule has 0 fully saturated rings. The SMILES string of the molecule is CC(OC(=O)OCCl)C(=O)OCc1ccccc1. The van der Waals surface area contributed by atoms with Crippen molar-refractivity contribution in [3.05, 3.63) is 35.9 Å². The number of halogens is 1. The van der Waals surface area contributed by atoms with Crippen LogP contribution in [0.3, 0.4) is 0 Å². The van der Waals surface area contributed by atoms with Crippen LogP contribution in [0.4, 0.5) is 4.79 Å². The van der Waals surface area contributed by atoms with Crippen molar-refractivity contribution in [3.8, 4) is 0 Å². The van der Waals surface area contributed by atoms with Crippen molar-refractivity contribution >= 4 is 23.7 Å². The number of carbonyl (C=O) groups excluding carboxylic acids is 2. The Morgan fingerprint density at radius 2 is 1.89 bits per heavy atom. The number of rotatable bonds is 5. The molecule has 0 spiro atoms. The molecule has 0 aliphatic rings. The normalized spacial score (nSPS) is 11.4. The van der Waals surface area contributed by atoms with Gasteiger partial charge in [-0.1, -0.05) is 41.9 Å². The third-order valence-electron chi connectivity index (χ3n) is 2.00. The molecule has 0 aromatic heterocycles. The van der Waals surface area contributed by atoms with Gasteiger partial charge in [0.15, 0.2) is 12.2 Å². The molecule has 98 valence electrons. The molecule has 0 aliphatic heterocycles. The number of hydrogen-bond donors (Lipinski definition) is 0. The summed E-state index contributed by atoms with van der Waals surface area (Å²) in [5.74, 6) is -0.648. The summed E-state index contributed by atoms with van der Waals surface area (Å²) in [5.41, 5.74) is 0.849. The van der Waals surface area contributed by atoms with Gasteiger partial charge in [-0.15, -0.1) is 0 Å². The molecule has 0 aliphatic carbocycles. The van der Waals surface area contributed by atoms with E-state index < -0.39 is 18.2 Å². The fourth-order valence-electron chi connectivity index (χ4n) is 1.12. The van der Waals surface area contributed by atoms with Gasteiger partial charge in [0.05, 0.1) is 0 Å². The summed E-state index contributed by atoms with van der Waals surface area (Å²) in [4.78, 5) is 22.4. The zero-order valence-electron chi connectivity index (χ0n) is 9.80. The van der Waals surface area contributed by atoms with E-state index in [0.29, 0.717) is 0 Å². The van der Waals surface area contributed by atoms with Crippen LogP contribution in [0.15, 0.2) is 30.3 Å². The first-order valence-corrected chi connectivity index (χ1v) is 5.77.